The molecule has 0 spiro atoms. The van der Waals surface area contributed by atoms with E-state index in [2.05, 4.69) is 21.3 Å². The van der Waals surface area contributed by atoms with Gasteiger partial charge in [0.15, 0.2) is 5.82 Å². The van der Waals surface area contributed by atoms with E-state index in [9.17, 15) is 0 Å². The van der Waals surface area contributed by atoms with E-state index in [0.717, 1.165) is 28.6 Å². The Hall–Kier alpha value is -2.98. The van der Waals surface area contributed by atoms with Gasteiger partial charge in [-0.05, 0) is 48.5 Å². The highest BCUT2D eigenvalue weighted by molar-refractivity contribution is 7.99. The van der Waals surface area contributed by atoms with Gasteiger partial charge in [0.1, 0.15) is 11.5 Å². The van der Waals surface area contributed by atoms with Crippen LogP contribution >= 0.6 is 11.8 Å². The van der Waals surface area contributed by atoms with Gasteiger partial charge in [0.25, 0.3) is 0 Å². The summed E-state index contributed by atoms with van der Waals surface area (Å²) in [5.41, 5.74) is 1.57. The average Bonchev–Trinajstić information content (AvgIpc) is 3.15. The molecule has 0 saturated carbocycles. The summed E-state index contributed by atoms with van der Waals surface area (Å²) in [7, 11) is 1.64. The number of H-pyrrole nitrogens is 1. The van der Waals surface area contributed by atoms with Crippen LogP contribution in [0.5, 0.6) is 11.5 Å². The van der Waals surface area contributed by atoms with Gasteiger partial charge in [-0.1, -0.05) is 11.8 Å². The second-order valence-corrected chi connectivity index (χ2v) is 6.09. The summed E-state index contributed by atoms with van der Waals surface area (Å²) in [5.74, 6) is 2.99. The lowest BCUT2D eigenvalue weighted by molar-refractivity contribution is 0.344. The first-order valence-electron chi connectivity index (χ1n) is 7.61. The summed E-state index contributed by atoms with van der Waals surface area (Å²) in [6.45, 7) is 0.531. The summed E-state index contributed by atoms with van der Waals surface area (Å²) < 4.78 is 10.8. The van der Waals surface area contributed by atoms with Crippen molar-refractivity contribution in [2.45, 2.75) is 5.16 Å². The minimum absolute atomic E-state index is 0.531. The predicted molar refractivity (Wildman–Crippen MR) is 95.7 cm³/mol. The quantitative estimate of drug-likeness (QED) is 0.517. The molecule has 0 aliphatic rings. The summed E-state index contributed by atoms with van der Waals surface area (Å²) >= 11 is 1.51. The van der Waals surface area contributed by atoms with Gasteiger partial charge in [0.2, 0.25) is 5.16 Å². The summed E-state index contributed by atoms with van der Waals surface area (Å²) in [6.07, 6.45) is 0. The predicted octanol–water partition coefficient (Wildman–Crippen LogP) is 3.52. The van der Waals surface area contributed by atoms with Gasteiger partial charge < -0.3 is 9.47 Å². The summed E-state index contributed by atoms with van der Waals surface area (Å²) in [5, 5.41) is 16.6. The monoisotopic (exact) mass is 352 g/mol. The maximum Gasteiger partial charge on any atom is 0.208 e. The molecule has 2 aromatic carbocycles. The largest absolute Gasteiger partial charge is 0.497 e. The molecule has 1 N–H and O–H groups in total. The number of nitriles is 1. The fraction of sp³-hybridized carbons (Fsp3) is 0.167. The van der Waals surface area contributed by atoms with E-state index in [0.29, 0.717) is 17.3 Å². The maximum atomic E-state index is 8.76. The number of rotatable bonds is 7. The lowest BCUT2D eigenvalue weighted by Crippen LogP contribution is -2.00. The van der Waals surface area contributed by atoms with Crippen LogP contribution in [0.25, 0.3) is 11.4 Å². The van der Waals surface area contributed by atoms with E-state index in [1.54, 1.807) is 31.4 Å². The average molecular weight is 352 g/mol. The van der Waals surface area contributed by atoms with Gasteiger partial charge >= 0.3 is 0 Å². The molecule has 0 amide bonds. The molecule has 0 atom stereocenters. The van der Waals surface area contributed by atoms with Crippen LogP contribution in [0.2, 0.25) is 0 Å². The Labute approximate surface area is 149 Å². The third-order valence-corrected chi connectivity index (χ3v) is 4.21. The standard InChI is InChI=1S/C18H16N4O2S/c1-23-15-8-4-14(5-9-15)17-20-18(22-21-17)25-11-10-24-16-6-2-13(12-19)3-7-16/h2-9H,10-11H2,1H3,(H,20,21,22). The third-order valence-electron chi connectivity index (χ3n) is 3.39. The fourth-order valence-electron chi connectivity index (χ4n) is 2.11. The molecule has 0 fully saturated rings. The van der Waals surface area contributed by atoms with Crippen molar-refractivity contribution in [1.29, 1.82) is 5.26 Å². The van der Waals surface area contributed by atoms with Gasteiger partial charge in [0.05, 0.1) is 25.3 Å². The molecular formula is C18H16N4O2S. The summed E-state index contributed by atoms with van der Waals surface area (Å²) in [6, 6.07) is 16.8. The molecule has 0 aliphatic heterocycles. The first-order chi connectivity index (χ1) is 12.3. The Morgan fingerprint density at radius 1 is 1.08 bits per heavy atom. The van der Waals surface area contributed by atoms with Gasteiger partial charge in [-0.15, -0.1) is 5.10 Å². The lowest BCUT2D eigenvalue weighted by atomic mass is 10.2. The number of thioether (sulfide) groups is 1. The molecule has 126 valence electrons. The smallest absolute Gasteiger partial charge is 0.208 e. The molecule has 25 heavy (non-hydrogen) atoms. The molecular weight excluding hydrogens is 336 g/mol. The molecule has 1 aromatic heterocycles. The van der Waals surface area contributed by atoms with Crippen LogP contribution in [0.4, 0.5) is 0 Å². The molecule has 6 nitrogen and oxygen atoms in total. The van der Waals surface area contributed by atoms with Crippen molar-refractivity contribution in [3.05, 3.63) is 54.1 Å². The SMILES string of the molecule is COc1ccc(-c2nc(SCCOc3ccc(C#N)cc3)n[nH]2)cc1. The van der Waals surface area contributed by atoms with Crippen molar-refractivity contribution < 1.29 is 9.47 Å². The molecule has 3 rings (SSSR count). The number of hydrogen-bond acceptors (Lipinski definition) is 6. The number of nitrogens with zero attached hydrogens (tertiary/aromatic N) is 3. The highest BCUT2D eigenvalue weighted by Crippen LogP contribution is 2.21. The molecule has 0 radical (unpaired) electrons. The molecule has 0 aliphatic carbocycles. The number of benzene rings is 2. The van der Waals surface area contributed by atoms with Crippen LogP contribution in [-0.4, -0.2) is 34.7 Å². The van der Waals surface area contributed by atoms with Crippen LogP contribution in [-0.2, 0) is 0 Å². The lowest BCUT2D eigenvalue weighted by Gasteiger charge is -2.04. The van der Waals surface area contributed by atoms with E-state index < -0.39 is 0 Å². The van der Waals surface area contributed by atoms with Gasteiger partial charge in [-0.25, -0.2) is 4.98 Å². The first-order valence-corrected chi connectivity index (χ1v) is 8.59. The van der Waals surface area contributed by atoms with Crippen molar-refractivity contribution in [2.75, 3.05) is 19.5 Å². The van der Waals surface area contributed by atoms with Crippen molar-refractivity contribution in [3.63, 3.8) is 0 Å². The van der Waals surface area contributed by atoms with Crippen molar-refractivity contribution >= 4 is 11.8 Å². The number of hydrogen-bond donors (Lipinski definition) is 1. The van der Waals surface area contributed by atoms with E-state index in [1.165, 1.54) is 11.8 Å². The van der Waals surface area contributed by atoms with Crippen LogP contribution < -0.4 is 9.47 Å². The number of nitrogens with one attached hydrogen (secondary N) is 1. The maximum absolute atomic E-state index is 8.76. The Morgan fingerprint density at radius 2 is 1.80 bits per heavy atom. The zero-order valence-electron chi connectivity index (χ0n) is 13.6. The van der Waals surface area contributed by atoms with Crippen LogP contribution in [0.1, 0.15) is 5.56 Å². The zero-order chi connectivity index (χ0) is 17.5. The second-order valence-electron chi connectivity index (χ2n) is 5.03. The Balaban J connectivity index is 1.48. The van der Waals surface area contributed by atoms with Crippen LogP contribution in [0.15, 0.2) is 53.7 Å². The normalized spacial score (nSPS) is 10.2. The van der Waals surface area contributed by atoms with E-state index in [-0.39, 0.29) is 0 Å². The first kappa shape index (κ1) is 16.9. The molecule has 0 unspecified atom stereocenters. The number of aromatic nitrogens is 3. The molecule has 1 heterocycles. The third kappa shape index (κ3) is 4.52. The van der Waals surface area contributed by atoms with Gasteiger partial charge in [-0.2, -0.15) is 5.26 Å². The molecule has 0 bridgehead atoms. The van der Waals surface area contributed by atoms with Crippen LogP contribution in [0, 0.1) is 11.3 Å². The number of aromatic amines is 1. The Bertz CT molecular complexity index is 854. The van der Waals surface area contributed by atoms with Gasteiger partial charge in [-0.3, -0.25) is 5.10 Å². The fourth-order valence-corrected chi connectivity index (χ4v) is 2.72. The van der Waals surface area contributed by atoms with E-state index in [1.807, 2.05) is 24.3 Å². The minimum atomic E-state index is 0.531. The Morgan fingerprint density at radius 3 is 2.48 bits per heavy atom. The van der Waals surface area contributed by atoms with Crippen molar-refractivity contribution in [2.24, 2.45) is 0 Å². The zero-order valence-corrected chi connectivity index (χ0v) is 14.4. The highest BCUT2D eigenvalue weighted by atomic mass is 32.2. The minimum Gasteiger partial charge on any atom is -0.497 e. The molecule has 0 saturated heterocycles. The summed E-state index contributed by atoms with van der Waals surface area (Å²) in [4.78, 5) is 4.47. The molecule has 3 aromatic rings. The number of methoxy groups -OCH3 is 1. The van der Waals surface area contributed by atoms with Crippen LogP contribution in [0.3, 0.4) is 0 Å². The van der Waals surface area contributed by atoms with E-state index >= 15 is 0 Å². The highest BCUT2D eigenvalue weighted by Gasteiger charge is 2.06. The Kier molecular flexibility index (Phi) is 5.54. The topological polar surface area (TPSA) is 83.8 Å². The van der Waals surface area contributed by atoms with Crippen molar-refractivity contribution in [3.8, 4) is 29.0 Å². The van der Waals surface area contributed by atoms with Gasteiger partial charge in [0, 0.05) is 11.3 Å². The van der Waals surface area contributed by atoms with Crippen molar-refractivity contribution in [1.82, 2.24) is 15.2 Å². The van der Waals surface area contributed by atoms with E-state index in [4.69, 9.17) is 14.7 Å². The number of ether oxygens (including phenoxy) is 2. The molecule has 7 heteroatoms. The second kappa shape index (κ2) is 8.22.